The van der Waals surface area contributed by atoms with E-state index in [1.807, 2.05) is 13.8 Å². The van der Waals surface area contributed by atoms with Crippen molar-refractivity contribution in [1.82, 2.24) is 9.55 Å². The summed E-state index contributed by atoms with van der Waals surface area (Å²) in [5.74, 6) is 0.371. The lowest BCUT2D eigenvalue weighted by molar-refractivity contribution is -0.0248. The maximum absolute atomic E-state index is 11.9. The highest BCUT2D eigenvalue weighted by Gasteiger charge is 2.27. The van der Waals surface area contributed by atoms with Crippen molar-refractivity contribution >= 4 is 0 Å². The van der Waals surface area contributed by atoms with Crippen molar-refractivity contribution in [2.24, 2.45) is 0 Å². The van der Waals surface area contributed by atoms with Gasteiger partial charge in [0.25, 0.3) is 0 Å². The molecular weight excluding hydrogens is 236 g/mol. The average Bonchev–Trinajstić information content (AvgIpc) is 2.82. The second-order valence-electron chi connectivity index (χ2n) is 4.32. The number of hydrogen-bond donors (Lipinski definition) is 1. The highest BCUT2D eigenvalue weighted by molar-refractivity contribution is 5.20. The third-order valence-electron chi connectivity index (χ3n) is 2.97. The molecule has 0 radical (unpaired) electrons. The summed E-state index contributed by atoms with van der Waals surface area (Å²) >= 11 is 0. The highest BCUT2D eigenvalue weighted by atomic mass is 16.5. The molecule has 1 N–H and O–H groups in total. The molecule has 0 aliphatic carbocycles. The minimum absolute atomic E-state index is 0.0192. The minimum Gasteiger partial charge on any atom is -0.478 e. The molecule has 1 aromatic rings. The topological polar surface area (TPSA) is 73.6 Å². The molecule has 2 heterocycles. The number of aromatic nitrogens is 2. The van der Waals surface area contributed by atoms with Gasteiger partial charge in [-0.15, -0.1) is 0 Å². The van der Waals surface area contributed by atoms with Crippen LogP contribution in [0.1, 0.15) is 31.6 Å². The van der Waals surface area contributed by atoms with Crippen LogP contribution in [0.2, 0.25) is 0 Å². The van der Waals surface area contributed by atoms with E-state index < -0.39 is 0 Å². The predicted molar refractivity (Wildman–Crippen MR) is 64.6 cm³/mol. The molecule has 0 aromatic carbocycles. The number of ether oxygens (including phenoxy) is 2. The fourth-order valence-corrected chi connectivity index (χ4v) is 2.07. The third kappa shape index (κ3) is 2.54. The first-order chi connectivity index (χ1) is 8.65. The van der Waals surface area contributed by atoms with Crippen LogP contribution in [0.4, 0.5) is 0 Å². The molecule has 2 atom stereocenters. The maximum atomic E-state index is 11.9. The molecular formula is C12H18N2O4. The molecule has 1 aromatic heterocycles. The molecule has 1 fully saturated rings. The second kappa shape index (κ2) is 5.49. The summed E-state index contributed by atoms with van der Waals surface area (Å²) < 4.78 is 12.3. The third-order valence-corrected chi connectivity index (χ3v) is 2.97. The van der Waals surface area contributed by atoms with Crippen molar-refractivity contribution in [3.8, 4) is 5.88 Å². The van der Waals surface area contributed by atoms with Gasteiger partial charge < -0.3 is 14.6 Å². The Kier molecular flexibility index (Phi) is 3.98. The molecule has 2 rings (SSSR count). The quantitative estimate of drug-likeness (QED) is 0.852. The highest BCUT2D eigenvalue weighted by Crippen LogP contribution is 2.27. The Morgan fingerprint density at radius 3 is 3.00 bits per heavy atom. The summed E-state index contributed by atoms with van der Waals surface area (Å²) in [4.78, 5) is 15.8. The van der Waals surface area contributed by atoms with Gasteiger partial charge in [-0.1, -0.05) is 0 Å². The van der Waals surface area contributed by atoms with Crippen LogP contribution in [0.3, 0.4) is 0 Å². The fourth-order valence-electron chi connectivity index (χ4n) is 2.07. The Labute approximate surface area is 105 Å². The van der Waals surface area contributed by atoms with Crippen LogP contribution in [-0.2, 0) is 4.74 Å². The molecule has 0 unspecified atom stereocenters. The van der Waals surface area contributed by atoms with Crippen molar-refractivity contribution in [3.05, 3.63) is 22.2 Å². The minimum atomic E-state index is -0.382. The number of aryl methyl sites for hydroxylation is 1. The van der Waals surface area contributed by atoms with E-state index in [1.165, 1.54) is 4.57 Å². The first kappa shape index (κ1) is 13.0. The molecule has 0 spiro atoms. The molecule has 0 bridgehead atoms. The van der Waals surface area contributed by atoms with Crippen molar-refractivity contribution in [1.29, 1.82) is 0 Å². The SMILES string of the molecule is CCOc1nc(=O)n([C@H]2CC[C@@H](CO)O2)cc1C. The van der Waals surface area contributed by atoms with E-state index in [-0.39, 0.29) is 24.6 Å². The van der Waals surface area contributed by atoms with Gasteiger partial charge in [-0.2, -0.15) is 4.98 Å². The first-order valence-corrected chi connectivity index (χ1v) is 6.14. The summed E-state index contributed by atoms with van der Waals surface area (Å²) in [5, 5.41) is 9.02. The Balaban J connectivity index is 2.24. The van der Waals surface area contributed by atoms with E-state index in [1.54, 1.807) is 6.20 Å². The number of aliphatic hydroxyl groups excluding tert-OH is 1. The number of hydrogen-bond acceptors (Lipinski definition) is 5. The average molecular weight is 254 g/mol. The lowest BCUT2D eigenvalue weighted by atomic mass is 10.2. The van der Waals surface area contributed by atoms with Crippen LogP contribution in [0.25, 0.3) is 0 Å². The van der Waals surface area contributed by atoms with Gasteiger partial charge in [0.05, 0.1) is 19.3 Å². The van der Waals surface area contributed by atoms with Crippen molar-refractivity contribution < 1.29 is 14.6 Å². The van der Waals surface area contributed by atoms with Gasteiger partial charge in [-0.25, -0.2) is 4.79 Å². The molecule has 1 saturated heterocycles. The Morgan fingerprint density at radius 1 is 1.61 bits per heavy atom. The van der Waals surface area contributed by atoms with Crippen LogP contribution in [-0.4, -0.2) is 34.0 Å². The van der Waals surface area contributed by atoms with Crippen molar-refractivity contribution in [2.45, 2.75) is 39.0 Å². The Bertz CT molecular complexity index is 472. The molecule has 100 valence electrons. The van der Waals surface area contributed by atoms with Gasteiger partial charge in [-0.05, 0) is 26.7 Å². The number of nitrogens with zero attached hydrogens (tertiary/aromatic N) is 2. The monoisotopic (exact) mass is 254 g/mol. The van der Waals surface area contributed by atoms with Gasteiger partial charge in [-0.3, -0.25) is 4.57 Å². The summed E-state index contributed by atoms with van der Waals surface area (Å²) in [6.07, 6.45) is 2.63. The first-order valence-electron chi connectivity index (χ1n) is 6.14. The van der Waals surface area contributed by atoms with Crippen LogP contribution >= 0.6 is 0 Å². The zero-order valence-electron chi connectivity index (χ0n) is 10.6. The molecule has 18 heavy (non-hydrogen) atoms. The number of rotatable bonds is 4. The van der Waals surface area contributed by atoms with Gasteiger partial charge in [0.2, 0.25) is 5.88 Å². The predicted octanol–water partition coefficient (Wildman–Crippen LogP) is 0.620. The lowest BCUT2D eigenvalue weighted by Crippen LogP contribution is -2.28. The van der Waals surface area contributed by atoms with Crippen LogP contribution in [0.15, 0.2) is 11.0 Å². The standard InChI is InChI=1S/C12H18N2O4/c1-3-17-11-8(2)6-14(12(16)13-11)10-5-4-9(7-15)18-10/h6,9-10,15H,3-5,7H2,1-2H3/t9-,10+/m0/s1. The molecule has 6 heteroatoms. The van der Waals surface area contributed by atoms with Gasteiger partial charge >= 0.3 is 5.69 Å². The van der Waals surface area contributed by atoms with E-state index in [9.17, 15) is 4.79 Å². The van der Waals surface area contributed by atoms with E-state index in [0.717, 1.165) is 12.0 Å². The van der Waals surface area contributed by atoms with E-state index in [0.29, 0.717) is 18.9 Å². The second-order valence-corrected chi connectivity index (χ2v) is 4.32. The van der Waals surface area contributed by atoms with Gasteiger partial charge in [0, 0.05) is 11.8 Å². The maximum Gasteiger partial charge on any atom is 0.352 e. The normalized spacial score (nSPS) is 23.3. The van der Waals surface area contributed by atoms with Gasteiger partial charge in [0.1, 0.15) is 6.23 Å². The summed E-state index contributed by atoms with van der Waals surface area (Å²) in [6, 6.07) is 0. The Hall–Kier alpha value is -1.40. The summed E-state index contributed by atoms with van der Waals surface area (Å²) in [5.41, 5.74) is 0.417. The van der Waals surface area contributed by atoms with Crippen LogP contribution < -0.4 is 10.4 Å². The van der Waals surface area contributed by atoms with Gasteiger partial charge in [0.15, 0.2) is 0 Å². The summed E-state index contributed by atoms with van der Waals surface area (Å²) in [7, 11) is 0. The van der Waals surface area contributed by atoms with E-state index in [4.69, 9.17) is 14.6 Å². The van der Waals surface area contributed by atoms with E-state index in [2.05, 4.69) is 4.98 Å². The van der Waals surface area contributed by atoms with Crippen molar-refractivity contribution in [3.63, 3.8) is 0 Å². The van der Waals surface area contributed by atoms with Crippen molar-refractivity contribution in [2.75, 3.05) is 13.2 Å². The molecule has 1 aliphatic heterocycles. The Morgan fingerprint density at radius 2 is 2.39 bits per heavy atom. The molecule has 6 nitrogen and oxygen atoms in total. The zero-order chi connectivity index (χ0) is 13.1. The zero-order valence-corrected chi connectivity index (χ0v) is 10.6. The smallest absolute Gasteiger partial charge is 0.352 e. The summed E-state index contributed by atoms with van der Waals surface area (Å²) in [6.45, 7) is 4.14. The number of aliphatic hydroxyl groups is 1. The fraction of sp³-hybridized carbons (Fsp3) is 0.667. The lowest BCUT2D eigenvalue weighted by Gasteiger charge is -2.16. The van der Waals surface area contributed by atoms with Crippen LogP contribution in [0.5, 0.6) is 5.88 Å². The largest absolute Gasteiger partial charge is 0.478 e. The molecule has 0 saturated carbocycles. The molecule has 0 amide bonds. The van der Waals surface area contributed by atoms with Crippen LogP contribution in [0, 0.1) is 6.92 Å². The molecule has 1 aliphatic rings. The van der Waals surface area contributed by atoms with E-state index >= 15 is 0 Å².